The van der Waals surface area contributed by atoms with Crippen LogP contribution in [-0.2, 0) is 16.6 Å². The maximum absolute atomic E-state index is 12.3. The maximum Gasteiger partial charge on any atom is 0.265 e. The molecule has 0 unspecified atom stereocenters. The van der Waals surface area contributed by atoms with Crippen LogP contribution in [0.1, 0.15) is 5.56 Å². The van der Waals surface area contributed by atoms with Gasteiger partial charge in [0.15, 0.2) is 0 Å². The highest BCUT2D eigenvalue weighted by molar-refractivity contribution is 7.92. The molecule has 10 heteroatoms. The number of anilines is 1. The molecule has 112 valence electrons. The molecule has 0 saturated carbocycles. The molecule has 0 bridgehead atoms. The van der Waals surface area contributed by atoms with Crippen LogP contribution < -0.4 is 10.0 Å². The number of hydrogen-bond donors (Lipinski definition) is 2. The van der Waals surface area contributed by atoms with Gasteiger partial charge < -0.3 is 5.32 Å². The number of nitrogens with one attached hydrogen (secondary N) is 2. The SMILES string of the molecule is CNCc1cc(Cl)cc(S(=O)(=O)Nc2nccnn2)c1Cl. The minimum Gasteiger partial charge on any atom is -0.316 e. The van der Waals surface area contributed by atoms with Gasteiger partial charge in [0.25, 0.3) is 16.0 Å². The summed E-state index contributed by atoms with van der Waals surface area (Å²) in [5, 5.41) is 10.3. The van der Waals surface area contributed by atoms with Crippen LogP contribution in [-0.4, -0.2) is 30.6 Å². The molecule has 0 amide bonds. The first-order valence-corrected chi connectivity index (χ1v) is 7.97. The first-order chi connectivity index (χ1) is 9.94. The molecule has 2 rings (SSSR count). The monoisotopic (exact) mass is 347 g/mol. The highest BCUT2D eigenvalue weighted by Gasteiger charge is 2.22. The average Bonchev–Trinajstić information content (AvgIpc) is 2.43. The summed E-state index contributed by atoms with van der Waals surface area (Å²) in [4.78, 5) is 3.60. The maximum atomic E-state index is 12.3. The third kappa shape index (κ3) is 3.79. The van der Waals surface area contributed by atoms with Gasteiger partial charge in [0.1, 0.15) is 4.90 Å². The van der Waals surface area contributed by atoms with Crippen LogP contribution in [0.15, 0.2) is 29.4 Å². The van der Waals surface area contributed by atoms with Crippen molar-refractivity contribution in [3.63, 3.8) is 0 Å². The molecule has 0 spiro atoms. The van der Waals surface area contributed by atoms with Crippen LogP contribution in [0, 0.1) is 0 Å². The number of hydrogen-bond acceptors (Lipinski definition) is 6. The zero-order valence-corrected chi connectivity index (χ0v) is 13.2. The Bertz CT molecular complexity index is 740. The molecule has 1 aromatic carbocycles. The van der Waals surface area contributed by atoms with Crippen molar-refractivity contribution in [1.29, 1.82) is 0 Å². The molecule has 0 atom stereocenters. The van der Waals surface area contributed by atoms with E-state index in [1.165, 1.54) is 18.5 Å². The van der Waals surface area contributed by atoms with Crippen LogP contribution in [0.2, 0.25) is 10.0 Å². The van der Waals surface area contributed by atoms with Crippen molar-refractivity contribution in [2.24, 2.45) is 0 Å². The van der Waals surface area contributed by atoms with E-state index in [4.69, 9.17) is 23.2 Å². The fraction of sp³-hybridized carbons (Fsp3) is 0.182. The second-order valence-electron chi connectivity index (χ2n) is 3.98. The highest BCUT2D eigenvalue weighted by Crippen LogP contribution is 2.30. The lowest BCUT2D eigenvalue weighted by molar-refractivity contribution is 0.600. The zero-order chi connectivity index (χ0) is 15.5. The number of halogens is 2. The molecule has 1 aromatic heterocycles. The summed E-state index contributed by atoms with van der Waals surface area (Å²) in [7, 11) is -2.25. The lowest BCUT2D eigenvalue weighted by Crippen LogP contribution is -2.17. The van der Waals surface area contributed by atoms with Gasteiger partial charge in [-0.2, -0.15) is 5.10 Å². The summed E-state index contributed by atoms with van der Waals surface area (Å²) < 4.78 is 26.9. The van der Waals surface area contributed by atoms with Gasteiger partial charge in [0, 0.05) is 11.6 Å². The molecular formula is C11H11Cl2N5O2S. The normalized spacial score (nSPS) is 11.4. The molecule has 0 aliphatic carbocycles. The van der Waals surface area contributed by atoms with E-state index in [1.54, 1.807) is 13.1 Å². The van der Waals surface area contributed by atoms with E-state index in [2.05, 4.69) is 25.2 Å². The zero-order valence-electron chi connectivity index (χ0n) is 10.8. The molecule has 0 aliphatic heterocycles. The third-order valence-corrected chi connectivity index (χ3v) is 4.57. The quantitative estimate of drug-likeness (QED) is 0.854. The van der Waals surface area contributed by atoms with Crippen LogP contribution in [0.25, 0.3) is 0 Å². The predicted molar refractivity (Wildman–Crippen MR) is 79.9 cm³/mol. The first kappa shape index (κ1) is 15.9. The Morgan fingerprint density at radius 2 is 2.00 bits per heavy atom. The number of sulfonamides is 1. The Labute approximate surface area is 131 Å². The van der Waals surface area contributed by atoms with E-state index in [0.29, 0.717) is 12.1 Å². The first-order valence-electron chi connectivity index (χ1n) is 5.73. The average molecular weight is 348 g/mol. The molecule has 2 aromatic rings. The van der Waals surface area contributed by atoms with Gasteiger partial charge in [-0.05, 0) is 24.7 Å². The third-order valence-electron chi connectivity index (χ3n) is 2.44. The standard InChI is InChI=1S/C11H11Cl2N5O2S/c1-14-6-7-4-8(12)5-9(10(7)13)21(19,20)18-11-15-2-3-16-17-11/h2-5,14H,6H2,1H3,(H,15,17,18). The topological polar surface area (TPSA) is 96.9 Å². The smallest absolute Gasteiger partial charge is 0.265 e. The minimum atomic E-state index is -3.97. The summed E-state index contributed by atoms with van der Waals surface area (Å²) in [5.41, 5.74) is 0.569. The fourth-order valence-electron chi connectivity index (χ4n) is 1.60. The van der Waals surface area contributed by atoms with Crippen molar-refractivity contribution >= 4 is 39.2 Å². The van der Waals surface area contributed by atoms with Gasteiger partial charge in [-0.25, -0.2) is 18.1 Å². The van der Waals surface area contributed by atoms with Crippen LogP contribution in [0.3, 0.4) is 0 Å². The van der Waals surface area contributed by atoms with Gasteiger partial charge in [-0.15, -0.1) is 5.10 Å². The fourth-order valence-corrected chi connectivity index (χ4v) is 3.48. The van der Waals surface area contributed by atoms with E-state index < -0.39 is 10.0 Å². The highest BCUT2D eigenvalue weighted by atomic mass is 35.5. The van der Waals surface area contributed by atoms with E-state index in [0.717, 1.165) is 0 Å². The summed E-state index contributed by atoms with van der Waals surface area (Å²) in [6.45, 7) is 0.380. The summed E-state index contributed by atoms with van der Waals surface area (Å²) in [5.74, 6) is -0.149. The van der Waals surface area contributed by atoms with Crippen molar-refractivity contribution in [1.82, 2.24) is 20.5 Å². The lowest BCUT2D eigenvalue weighted by atomic mass is 10.2. The molecule has 0 fully saturated rings. The van der Waals surface area contributed by atoms with E-state index in [9.17, 15) is 8.42 Å². The van der Waals surface area contributed by atoms with Crippen molar-refractivity contribution in [3.8, 4) is 0 Å². The largest absolute Gasteiger partial charge is 0.316 e. The van der Waals surface area contributed by atoms with Crippen molar-refractivity contribution in [2.45, 2.75) is 11.4 Å². The van der Waals surface area contributed by atoms with Gasteiger partial charge in [0.2, 0.25) is 0 Å². The Morgan fingerprint density at radius 3 is 2.62 bits per heavy atom. The van der Waals surface area contributed by atoms with E-state index in [1.807, 2.05) is 0 Å². The Morgan fingerprint density at radius 1 is 1.24 bits per heavy atom. The van der Waals surface area contributed by atoms with E-state index in [-0.39, 0.29) is 20.9 Å². The molecule has 0 aliphatic rings. The van der Waals surface area contributed by atoms with Crippen LogP contribution >= 0.6 is 23.2 Å². The van der Waals surface area contributed by atoms with Crippen molar-refractivity contribution < 1.29 is 8.42 Å². The molecule has 21 heavy (non-hydrogen) atoms. The van der Waals surface area contributed by atoms with Crippen LogP contribution in [0.5, 0.6) is 0 Å². The van der Waals surface area contributed by atoms with Gasteiger partial charge >= 0.3 is 0 Å². The number of benzene rings is 1. The predicted octanol–water partition coefficient (Wildman–Crippen LogP) is 1.70. The minimum absolute atomic E-state index is 0.0881. The molecular weight excluding hydrogens is 337 g/mol. The number of aromatic nitrogens is 3. The number of nitrogens with zero attached hydrogens (tertiary/aromatic N) is 3. The molecule has 0 saturated heterocycles. The second kappa shape index (κ2) is 6.52. The van der Waals surface area contributed by atoms with E-state index >= 15 is 0 Å². The van der Waals surface area contributed by atoms with Crippen molar-refractivity contribution in [3.05, 3.63) is 40.1 Å². The van der Waals surface area contributed by atoms with Gasteiger partial charge in [-0.1, -0.05) is 23.2 Å². The molecule has 1 heterocycles. The Balaban J connectivity index is 2.45. The summed E-state index contributed by atoms with van der Waals surface area (Å²) >= 11 is 12.1. The summed E-state index contributed by atoms with van der Waals surface area (Å²) in [6.07, 6.45) is 2.64. The second-order valence-corrected chi connectivity index (χ2v) is 6.44. The Hall–Kier alpha value is -1.48. The Kier molecular flexibility index (Phi) is 4.94. The van der Waals surface area contributed by atoms with Gasteiger partial charge in [-0.3, -0.25) is 0 Å². The lowest BCUT2D eigenvalue weighted by Gasteiger charge is -2.11. The van der Waals surface area contributed by atoms with Crippen molar-refractivity contribution in [2.75, 3.05) is 11.8 Å². The summed E-state index contributed by atoms with van der Waals surface area (Å²) in [6, 6.07) is 2.86. The number of rotatable bonds is 5. The van der Waals surface area contributed by atoms with Gasteiger partial charge in [0.05, 0.1) is 17.4 Å². The molecule has 7 nitrogen and oxygen atoms in total. The van der Waals surface area contributed by atoms with Crippen LogP contribution in [0.4, 0.5) is 5.95 Å². The molecule has 0 radical (unpaired) electrons. The molecule has 2 N–H and O–H groups in total.